The minimum absolute atomic E-state index is 1.14. The zero-order valence-corrected chi connectivity index (χ0v) is 20.7. The molecule has 0 unspecified atom stereocenters. The van der Waals surface area contributed by atoms with Crippen LogP contribution >= 0.6 is 0 Å². The number of unbranched alkanes of at least 4 members (excludes halogenated alkanes) is 11. The van der Waals surface area contributed by atoms with Crippen LogP contribution in [0.5, 0.6) is 0 Å². The van der Waals surface area contributed by atoms with Gasteiger partial charge >= 0.3 is 0 Å². The molecule has 31 heavy (non-hydrogen) atoms. The molecule has 174 valence electrons. The fourth-order valence-electron chi connectivity index (χ4n) is 4.59. The molecule has 2 aromatic rings. The van der Waals surface area contributed by atoms with Crippen LogP contribution in [0.1, 0.15) is 115 Å². The van der Waals surface area contributed by atoms with Gasteiger partial charge in [-0.05, 0) is 37.7 Å². The molecule has 2 rings (SSSR count). The van der Waals surface area contributed by atoms with Gasteiger partial charge in [0.2, 0.25) is 0 Å². The van der Waals surface area contributed by atoms with E-state index >= 15 is 0 Å². The molecule has 0 radical (unpaired) electrons. The summed E-state index contributed by atoms with van der Waals surface area (Å²) in [6, 6.07) is 10.9. The number of benzene rings is 1. The number of rotatable bonds is 19. The summed E-state index contributed by atoms with van der Waals surface area (Å²) in [5.74, 6) is 1.56. The second-order valence-electron chi connectivity index (χ2n) is 9.33. The predicted octanol–water partition coefficient (Wildman–Crippen LogP) is 8.06. The molecule has 0 atom stereocenters. The Morgan fingerprint density at radius 2 is 1.26 bits per heavy atom. The summed E-state index contributed by atoms with van der Waals surface area (Å²) in [5, 5.41) is 0. The number of imidazole rings is 1. The third-order valence-corrected chi connectivity index (χ3v) is 6.55. The zero-order valence-electron chi connectivity index (χ0n) is 20.7. The van der Waals surface area contributed by atoms with Crippen LogP contribution in [-0.4, -0.2) is 4.57 Å². The lowest BCUT2D eigenvalue weighted by atomic mass is 10.1. The number of hydrogen-bond donors (Lipinski definition) is 0. The summed E-state index contributed by atoms with van der Waals surface area (Å²) < 4.78 is 5.11. The first-order chi connectivity index (χ1) is 15.3. The molecule has 0 bridgehead atoms. The van der Waals surface area contributed by atoms with Gasteiger partial charge in [0.15, 0.2) is 0 Å². The molecule has 0 saturated carbocycles. The van der Waals surface area contributed by atoms with E-state index in [4.69, 9.17) is 0 Å². The van der Waals surface area contributed by atoms with Gasteiger partial charge in [-0.3, -0.25) is 0 Å². The van der Waals surface area contributed by atoms with Crippen molar-refractivity contribution in [3.05, 3.63) is 54.1 Å². The number of nitrogens with zero attached hydrogens (tertiary/aromatic N) is 2. The molecule has 0 spiro atoms. The van der Waals surface area contributed by atoms with E-state index in [1.54, 1.807) is 5.82 Å². The molecule has 0 saturated heterocycles. The van der Waals surface area contributed by atoms with Crippen molar-refractivity contribution in [2.45, 2.75) is 130 Å². The average molecular weight is 426 g/mol. The molecule has 0 amide bonds. The van der Waals surface area contributed by atoms with Crippen molar-refractivity contribution in [3.63, 3.8) is 0 Å². The van der Waals surface area contributed by atoms with Gasteiger partial charge in [-0.1, -0.05) is 108 Å². The number of aryl methyl sites for hydroxylation is 3. The second-order valence-corrected chi connectivity index (χ2v) is 9.33. The second kappa shape index (κ2) is 17.0. The maximum Gasteiger partial charge on any atom is 0.256 e. The maximum atomic E-state index is 2.57. The topological polar surface area (TPSA) is 8.81 Å². The highest BCUT2D eigenvalue weighted by molar-refractivity contribution is 5.14. The van der Waals surface area contributed by atoms with Crippen LogP contribution in [0.15, 0.2) is 42.7 Å². The molecule has 0 fully saturated rings. The van der Waals surface area contributed by atoms with E-state index in [-0.39, 0.29) is 0 Å². The third kappa shape index (κ3) is 11.0. The highest BCUT2D eigenvalue weighted by atomic mass is 15.1. The van der Waals surface area contributed by atoms with Crippen molar-refractivity contribution < 1.29 is 4.57 Å². The molecule has 2 nitrogen and oxygen atoms in total. The van der Waals surface area contributed by atoms with E-state index in [9.17, 15) is 0 Å². The van der Waals surface area contributed by atoms with Crippen LogP contribution in [0, 0.1) is 0 Å². The Morgan fingerprint density at radius 1 is 0.645 bits per heavy atom. The van der Waals surface area contributed by atoms with Crippen LogP contribution in [0.2, 0.25) is 0 Å². The van der Waals surface area contributed by atoms with Crippen LogP contribution < -0.4 is 4.57 Å². The zero-order chi connectivity index (χ0) is 22.0. The quantitative estimate of drug-likeness (QED) is 0.159. The minimum atomic E-state index is 1.14. The predicted molar refractivity (Wildman–Crippen MR) is 134 cm³/mol. The first-order valence-corrected chi connectivity index (χ1v) is 13.5. The Hall–Kier alpha value is -1.57. The van der Waals surface area contributed by atoms with Crippen molar-refractivity contribution in [1.29, 1.82) is 0 Å². The van der Waals surface area contributed by atoms with E-state index < -0.39 is 0 Å². The van der Waals surface area contributed by atoms with Gasteiger partial charge < -0.3 is 0 Å². The lowest BCUT2D eigenvalue weighted by Crippen LogP contribution is -2.37. The number of aromatic nitrogens is 2. The van der Waals surface area contributed by atoms with Gasteiger partial charge in [-0.25, -0.2) is 9.13 Å². The fraction of sp³-hybridized carbons (Fsp3) is 0.690. The van der Waals surface area contributed by atoms with E-state index in [1.165, 1.54) is 115 Å². The lowest BCUT2D eigenvalue weighted by Gasteiger charge is -2.07. The summed E-state index contributed by atoms with van der Waals surface area (Å²) in [7, 11) is 0. The van der Waals surface area contributed by atoms with Crippen molar-refractivity contribution in [1.82, 2.24) is 4.57 Å². The molecule has 0 aliphatic carbocycles. The van der Waals surface area contributed by atoms with Crippen molar-refractivity contribution >= 4 is 0 Å². The van der Waals surface area contributed by atoms with Gasteiger partial charge in [0.25, 0.3) is 5.82 Å². The van der Waals surface area contributed by atoms with E-state index in [0.717, 1.165) is 6.54 Å². The molecule has 0 aliphatic rings. The van der Waals surface area contributed by atoms with E-state index in [2.05, 4.69) is 65.7 Å². The van der Waals surface area contributed by atoms with Crippen LogP contribution in [0.3, 0.4) is 0 Å². The average Bonchev–Trinajstić information content (AvgIpc) is 3.18. The minimum Gasteiger partial charge on any atom is -0.234 e. The van der Waals surface area contributed by atoms with Gasteiger partial charge in [-0.15, -0.1) is 0 Å². The smallest absolute Gasteiger partial charge is 0.234 e. The highest BCUT2D eigenvalue weighted by Gasteiger charge is 2.16. The SMILES string of the molecule is CCCCCCCCCCCn1cc[n+](CCCc2ccccc2)c1CCCCCC. The monoisotopic (exact) mass is 425 g/mol. The third-order valence-electron chi connectivity index (χ3n) is 6.55. The summed E-state index contributed by atoms with van der Waals surface area (Å²) in [6.45, 7) is 6.94. The summed E-state index contributed by atoms with van der Waals surface area (Å²) in [4.78, 5) is 0. The first kappa shape index (κ1) is 25.7. The normalized spacial score (nSPS) is 11.3. The molecule has 0 aliphatic heterocycles. The standard InChI is InChI=1S/C29H49N2/c1-3-5-7-9-10-11-12-13-18-24-30-26-27-31(29(30)23-17-8-6-4-2)25-19-22-28-20-15-14-16-21-28/h14-16,20-21,26-27H,3-13,17-19,22-25H2,1-2H3/q+1. The summed E-state index contributed by atoms with van der Waals surface area (Å²) in [5.41, 5.74) is 1.46. The molecule has 1 heterocycles. The van der Waals surface area contributed by atoms with Crippen LogP contribution in [0.4, 0.5) is 0 Å². The molecule has 1 aromatic heterocycles. The highest BCUT2D eigenvalue weighted by Crippen LogP contribution is 2.12. The summed E-state index contributed by atoms with van der Waals surface area (Å²) >= 11 is 0. The molecular weight excluding hydrogens is 376 g/mol. The van der Waals surface area contributed by atoms with Crippen molar-refractivity contribution in [2.24, 2.45) is 0 Å². The lowest BCUT2D eigenvalue weighted by molar-refractivity contribution is -0.704. The Labute approximate surface area is 193 Å². The Balaban J connectivity index is 1.76. The molecule has 0 N–H and O–H groups in total. The van der Waals surface area contributed by atoms with Gasteiger partial charge in [0.05, 0.1) is 13.1 Å². The van der Waals surface area contributed by atoms with Gasteiger partial charge in [0.1, 0.15) is 12.4 Å². The Kier molecular flexibility index (Phi) is 14.1. The molecule has 1 aromatic carbocycles. The first-order valence-electron chi connectivity index (χ1n) is 13.5. The molecule has 2 heteroatoms. The fourth-order valence-corrected chi connectivity index (χ4v) is 4.59. The number of hydrogen-bond acceptors (Lipinski definition) is 0. The van der Waals surface area contributed by atoms with Crippen molar-refractivity contribution in [2.75, 3.05) is 0 Å². The molecular formula is C29H49N2+. The van der Waals surface area contributed by atoms with Gasteiger partial charge in [0, 0.05) is 6.42 Å². The van der Waals surface area contributed by atoms with Crippen LogP contribution in [-0.2, 0) is 25.9 Å². The van der Waals surface area contributed by atoms with E-state index in [1.807, 2.05) is 0 Å². The van der Waals surface area contributed by atoms with Crippen LogP contribution in [0.25, 0.3) is 0 Å². The maximum absolute atomic E-state index is 2.57. The Morgan fingerprint density at radius 3 is 1.94 bits per heavy atom. The largest absolute Gasteiger partial charge is 0.256 e. The Bertz CT molecular complexity index is 659. The van der Waals surface area contributed by atoms with Gasteiger partial charge in [-0.2, -0.15) is 0 Å². The van der Waals surface area contributed by atoms with Crippen molar-refractivity contribution in [3.8, 4) is 0 Å². The van der Waals surface area contributed by atoms with E-state index in [0.29, 0.717) is 0 Å². The summed E-state index contributed by atoms with van der Waals surface area (Å²) in [6.07, 6.45) is 26.3.